The first kappa shape index (κ1) is 16.1. The van der Waals surface area contributed by atoms with Crippen LogP contribution in [0.3, 0.4) is 0 Å². The Kier molecular flexibility index (Phi) is 7.02. The van der Waals surface area contributed by atoms with Crippen LogP contribution in [-0.2, 0) is 0 Å². The summed E-state index contributed by atoms with van der Waals surface area (Å²) in [5.74, 6) is -0.477. The molecular formula is C14H19BrFNO2. The Bertz CT molecular complexity index is 400. The molecule has 0 radical (unpaired) electrons. The highest BCUT2D eigenvalue weighted by Crippen LogP contribution is 2.15. The molecule has 0 aliphatic carbocycles. The lowest BCUT2D eigenvalue weighted by molar-refractivity contribution is 0.0942. The number of halogens is 2. The zero-order valence-corrected chi connectivity index (χ0v) is 12.5. The number of aliphatic hydroxyl groups excluding tert-OH is 1. The van der Waals surface area contributed by atoms with Crippen LogP contribution in [0, 0.1) is 11.7 Å². The van der Waals surface area contributed by atoms with Crippen molar-refractivity contribution in [1.29, 1.82) is 0 Å². The summed E-state index contributed by atoms with van der Waals surface area (Å²) >= 11 is 3.16. The van der Waals surface area contributed by atoms with Crippen LogP contribution in [0.25, 0.3) is 0 Å². The van der Waals surface area contributed by atoms with Gasteiger partial charge in [0.2, 0.25) is 0 Å². The zero-order valence-electron chi connectivity index (χ0n) is 11.0. The van der Waals surface area contributed by atoms with Crippen LogP contribution in [0.1, 0.15) is 36.5 Å². The molecule has 3 nitrogen and oxygen atoms in total. The fourth-order valence-corrected chi connectivity index (χ4v) is 2.43. The topological polar surface area (TPSA) is 49.3 Å². The van der Waals surface area contributed by atoms with Crippen molar-refractivity contribution in [1.82, 2.24) is 5.32 Å². The largest absolute Gasteiger partial charge is 0.396 e. The Balaban J connectivity index is 2.58. The number of carbonyl (C=O) groups excluding carboxylic acids is 1. The highest BCUT2D eigenvalue weighted by atomic mass is 79.9. The van der Waals surface area contributed by atoms with Gasteiger partial charge in [0.25, 0.3) is 5.91 Å². The first-order chi connectivity index (χ1) is 9.06. The zero-order chi connectivity index (χ0) is 14.3. The Labute approximate surface area is 121 Å². The van der Waals surface area contributed by atoms with E-state index in [-0.39, 0.29) is 18.4 Å². The number of nitrogens with one attached hydrogen (secondary N) is 1. The molecule has 2 N–H and O–H groups in total. The highest BCUT2D eigenvalue weighted by Gasteiger charge is 2.12. The Morgan fingerprint density at radius 3 is 2.74 bits per heavy atom. The molecule has 1 aromatic rings. The van der Waals surface area contributed by atoms with E-state index in [1.54, 1.807) is 6.07 Å². The van der Waals surface area contributed by atoms with Crippen LogP contribution in [0.2, 0.25) is 0 Å². The summed E-state index contributed by atoms with van der Waals surface area (Å²) in [7, 11) is 0. The van der Waals surface area contributed by atoms with Gasteiger partial charge in [-0.2, -0.15) is 0 Å². The van der Waals surface area contributed by atoms with E-state index in [4.69, 9.17) is 5.11 Å². The van der Waals surface area contributed by atoms with E-state index in [9.17, 15) is 9.18 Å². The van der Waals surface area contributed by atoms with E-state index in [1.165, 1.54) is 12.1 Å². The highest BCUT2D eigenvalue weighted by molar-refractivity contribution is 9.10. The normalized spacial score (nSPS) is 12.2. The van der Waals surface area contributed by atoms with Crippen LogP contribution < -0.4 is 5.32 Å². The van der Waals surface area contributed by atoms with E-state index in [2.05, 4.69) is 28.2 Å². The van der Waals surface area contributed by atoms with E-state index in [1.807, 2.05) is 0 Å². The van der Waals surface area contributed by atoms with Crippen LogP contribution in [0.5, 0.6) is 0 Å². The summed E-state index contributed by atoms with van der Waals surface area (Å²) in [5.41, 5.74) is 0.297. The van der Waals surface area contributed by atoms with Gasteiger partial charge in [-0.05, 0) is 37.0 Å². The lowest BCUT2D eigenvalue weighted by Crippen LogP contribution is -2.29. The predicted molar refractivity (Wildman–Crippen MR) is 76.5 cm³/mol. The second-order valence-corrected chi connectivity index (χ2v) is 5.45. The van der Waals surface area contributed by atoms with Gasteiger partial charge in [-0.3, -0.25) is 4.79 Å². The van der Waals surface area contributed by atoms with E-state index in [0.29, 0.717) is 23.0 Å². The Hall–Kier alpha value is -0.940. The molecule has 0 bridgehead atoms. The molecule has 5 heteroatoms. The number of amides is 1. The lowest BCUT2D eigenvalue weighted by atomic mass is 10.00. The number of carbonyl (C=O) groups is 1. The minimum Gasteiger partial charge on any atom is -0.396 e. The average Bonchev–Trinajstić information content (AvgIpc) is 2.35. The second kappa shape index (κ2) is 8.27. The van der Waals surface area contributed by atoms with Gasteiger partial charge in [0.1, 0.15) is 5.82 Å². The van der Waals surface area contributed by atoms with Crippen LogP contribution in [-0.4, -0.2) is 24.2 Å². The Morgan fingerprint density at radius 1 is 1.42 bits per heavy atom. The first-order valence-electron chi connectivity index (χ1n) is 6.42. The van der Waals surface area contributed by atoms with Crippen molar-refractivity contribution in [3.05, 3.63) is 34.1 Å². The van der Waals surface area contributed by atoms with Crippen molar-refractivity contribution in [2.75, 3.05) is 13.2 Å². The summed E-state index contributed by atoms with van der Waals surface area (Å²) < 4.78 is 13.7. The van der Waals surface area contributed by atoms with Gasteiger partial charge < -0.3 is 10.4 Å². The van der Waals surface area contributed by atoms with Gasteiger partial charge in [0, 0.05) is 23.2 Å². The molecule has 0 fully saturated rings. The quantitative estimate of drug-likeness (QED) is 0.806. The van der Waals surface area contributed by atoms with E-state index < -0.39 is 5.82 Å². The van der Waals surface area contributed by atoms with E-state index in [0.717, 1.165) is 12.8 Å². The summed E-state index contributed by atoms with van der Waals surface area (Å²) in [5, 5.41) is 11.7. The molecule has 0 aliphatic rings. The molecule has 19 heavy (non-hydrogen) atoms. The molecule has 1 atom stereocenters. The van der Waals surface area contributed by atoms with Gasteiger partial charge in [-0.15, -0.1) is 0 Å². The van der Waals surface area contributed by atoms with Gasteiger partial charge in [-0.1, -0.05) is 29.3 Å². The maximum absolute atomic E-state index is 13.2. The molecule has 1 unspecified atom stereocenters. The summed E-state index contributed by atoms with van der Waals surface area (Å²) in [4.78, 5) is 11.9. The number of hydrogen-bond acceptors (Lipinski definition) is 2. The minimum absolute atomic E-state index is 0.117. The van der Waals surface area contributed by atoms with Crippen LogP contribution in [0.4, 0.5) is 4.39 Å². The van der Waals surface area contributed by atoms with Gasteiger partial charge in [0.15, 0.2) is 0 Å². The molecule has 1 amide bonds. The number of benzene rings is 1. The monoisotopic (exact) mass is 331 g/mol. The third-order valence-corrected chi connectivity index (χ3v) is 3.37. The van der Waals surface area contributed by atoms with Crippen LogP contribution in [0.15, 0.2) is 22.7 Å². The van der Waals surface area contributed by atoms with Crippen molar-refractivity contribution < 1.29 is 14.3 Å². The molecule has 0 saturated heterocycles. The van der Waals surface area contributed by atoms with Gasteiger partial charge in [0.05, 0.1) is 0 Å². The van der Waals surface area contributed by atoms with E-state index >= 15 is 0 Å². The SMILES string of the molecule is CCCC(CCO)CNC(=O)c1cc(F)cc(Br)c1. The summed E-state index contributed by atoms with van der Waals surface area (Å²) in [6.07, 6.45) is 2.63. The molecule has 1 rings (SSSR count). The molecular weight excluding hydrogens is 313 g/mol. The third-order valence-electron chi connectivity index (χ3n) is 2.91. The second-order valence-electron chi connectivity index (χ2n) is 4.54. The molecule has 0 spiro atoms. The van der Waals surface area contributed by atoms with Crippen molar-refractivity contribution in [3.8, 4) is 0 Å². The minimum atomic E-state index is -0.444. The third kappa shape index (κ3) is 5.70. The molecule has 0 heterocycles. The van der Waals surface area contributed by atoms with Crippen LogP contribution >= 0.6 is 15.9 Å². The van der Waals surface area contributed by atoms with Crippen molar-refractivity contribution in [2.24, 2.45) is 5.92 Å². The van der Waals surface area contributed by atoms with Crippen molar-refractivity contribution in [2.45, 2.75) is 26.2 Å². The number of aliphatic hydroxyl groups is 1. The molecule has 1 aromatic carbocycles. The van der Waals surface area contributed by atoms with Gasteiger partial charge in [-0.25, -0.2) is 4.39 Å². The average molecular weight is 332 g/mol. The molecule has 0 aromatic heterocycles. The number of rotatable bonds is 7. The number of hydrogen-bond donors (Lipinski definition) is 2. The maximum atomic E-state index is 13.2. The fraction of sp³-hybridized carbons (Fsp3) is 0.500. The van der Waals surface area contributed by atoms with Crippen molar-refractivity contribution >= 4 is 21.8 Å². The molecule has 0 saturated carbocycles. The standard InChI is InChI=1S/C14H19BrFNO2/c1-2-3-10(4-5-18)9-17-14(19)11-6-12(15)8-13(16)7-11/h6-8,10,18H,2-5,9H2,1H3,(H,17,19). The predicted octanol–water partition coefficient (Wildman–Crippen LogP) is 3.12. The Morgan fingerprint density at radius 2 is 2.16 bits per heavy atom. The lowest BCUT2D eigenvalue weighted by Gasteiger charge is -2.15. The first-order valence-corrected chi connectivity index (χ1v) is 7.21. The summed E-state index contributed by atoms with van der Waals surface area (Å²) in [6.45, 7) is 2.68. The summed E-state index contributed by atoms with van der Waals surface area (Å²) in [6, 6.07) is 4.10. The fourth-order valence-electron chi connectivity index (χ4n) is 1.96. The smallest absolute Gasteiger partial charge is 0.251 e. The maximum Gasteiger partial charge on any atom is 0.251 e. The molecule has 106 valence electrons. The van der Waals surface area contributed by atoms with Crippen molar-refractivity contribution in [3.63, 3.8) is 0 Å². The van der Waals surface area contributed by atoms with Gasteiger partial charge >= 0.3 is 0 Å². The molecule has 0 aliphatic heterocycles.